The van der Waals surface area contributed by atoms with Gasteiger partial charge >= 0.3 is 5.63 Å². The first-order valence-electron chi connectivity index (χ1n) is 5.99. The monoisotopic (exact) mass is 278 g/mol. The maximum absolute atomic E-state index is 11.7. The number of allylic oxidation sites excluding steroid dienone is 1. The summed E-state index contributed by atoms with van der Waals surface area (Å²) in [4.78, 5) is 11.7. The van der Waals surface area contributed by atoms with Crippen molar-refractivity contribution in [2.24, 2.45) is 0 Å². The number of aromatic hydroxyl groups is 1. The number of hydrogen-bond acceptors (Lipinski definition) is 6. The second-order valence-electron chi connectivity index (χ2n) is 3.86. The zero-order valence-electron chi connectivity index (χ0n) is 10.8. The zero-order chi connectivity index (χ0) is 14.5. The van der Waals surface area contributed by atoms with Crippen LogP contribution >= 0.6 is 0 Å². The van der Waals surface area contributed by atoms with E-state index in [1.165, 1.54) is 12.3 Å². The number of rotatable bonds is 5. The van der Waals surface area contributed by atoms with Crippen molar-refractivity contribution >= 4 is 11.0 Å². The van der Waals surface area contributed by atoms with Gasteiger partial charge < -0.3 is 24.1 Å². The van der Waals surface area contributed by atoms with Crippen LogP contribution in [-0.4, -0.2) is 23.4 Å². The summed E-state index contributed by atoms with van der Waals surface area (Å²) in [5.74, 6) is -0.373. The quantitative estimate of drug-likeness (QED) is 0.640. The lowest BCUT2D eigenvalue weighted by Crippen LogP contribution is -2.06. The molecule has 0 amide bonds. The molecule has 106 valence electrons. The molecule has 0 atom stereocenters. The fraction of sp³-hybridized carbons (Fsp3) is 0.214. The highest BCUT2D eigenvalue weighted by Crippen LogP contribution is 2.37. The molecule has 0 aliphatic rings. The van der Waals surface area contributed by atoms with Crippen LogP contribution in [-0.2, 0) is 0 Å². The minimum absolute atomic E-state index is 0.0583. The van der Waals surface area contributed by atoms with E-state index in [0.29, 0.717) is 5.75 Å². The van der Waals surface area contributed by atoms with E-state index in [1.54, 1.807) is 25.1 Å². The third kappa shape index (κ3) is 2.60. The third-order valence-corrected chi connectivity index (χ3v) is 2.50. The number of benzene rings is 1. The van der Waals surface area contributed by atoms with Crippen LogP contribution < -0.4 is 15.1 Å². The molecular formula is C14H14O6. The summed E-state index contributed by atoms with van der Waals surface area (Å²) < 4.78 is 15.4. The molecule has 6 heteroatoms. The van der Waals surface area contributed by atoms with E-state index < -0.39 is 5.63 Å². The van der Waals surface area contributed by atoms with E-state index in [2.05, 4.69) is 0 Å². The Kier molecular flexibility index (Phi) is 4.27. The molecule has 2 N–H and O–H groups in total. The summed E-state index contributed by atoms with van der Waals surface area (Å²) in [5, 5.41) is 19.2. The van der Waals surface area contributed by atoms with Crippen LogP contribution in [0.5, 0.6) is 17.2 Å². The van der Waals surface area contributed by atoms with Crippen molar-refractivity contribution in [1.29, 1.82) is 0 Å². The Morgan fingerprint density at radius 3 is 2.90 bits per heavy atom. The standard InChI is InChI=1S/C14H14O6/c1-2-7-19-13-12(16)11-9(18-8-6-15)4-3-5-10(11)20-14(13)17/h2-5,7,15-16H,6,8H2,1H3. The number of aliphatic hydroxyl groups excluding tert-OH is 1. The number of ether oxygens (including phenoxy) is 2. The van der Waals surface area contributed by atoms with Crippen LogP contribution in [0.15, 0.2) is 39.7 Å². The lowest BCUT2D eigenvalue weighted by molar-refractivity contribution is 0.202. The molecule has 2 aromatic rings. The Balaban J connectivity index is 2.63. The summed E-state index contributed by atoms with van der Waals surface area (Å²) in [6.07, 6.45) is 2.83. The van der Waals surface area contributed by atoms with Gasteiger partial charge in [0.2, 0.25) is 0 Å². The largest absolute Gasteiger partial charge is 0.503 e. The predicted octanol–water partition coefficient (Wildman–Crippen LogP) is 1.78. The minimum atomic E-state index is -0.785. The van der Waals surface area contributed by atoms with Crippen LogP contribution in [0.25, 0.3) is 11.0 Å². The number of hydrogen-bond donors (Lipinski definition) is 2. The highest BCUT2D eigenvalue weighted by molar-refractivity contribution is 5.91. The topological polar surface area (TPSA) is 89.1 Å². The maximum atomic E-state index is 11.7. The fourth-order valence-electron chi connectivity index (χ4n) is 1.70. The summed E-state index contributed by atoms with van der Waals surface area (Å²) in [6, 6.07) is 4.74. The summed E-state index contributed by atoms with van der Waals surface area (Å²) in [6.45, 7) is 1.59. The molecule has 0 spiro atoms. The first-order valence-corrected chi connectivity index (χ1v) is 5.99. The first-order chi connectivity index (χ1) is 9.69. The third-order valence-electron chi connectivity index (χ3n) is 2.50. The van der Waals surface area contributed by atoms with Crippen molar-refractivity contribution in [3.05, 3.63) is 41.0 Å². The van der Waals surface area contributed by atoms with Crippen LogP contribution in [0, 0.1) is 0 Å². The van der Waals surface area contributed by atoms with Gasteiger partial charge in [0.25, 0.3) is 5.75 Å². The van der Waals surface area contributed by atoms with Gasteiger partial charge in [-0.2, -0.15) is 0 Å². The molecule has 0 unspecified atom stereocenters. The van der Waals surface area contributed by atoms with Crippen LogP contribution in [0.2, 0.25) is 0 Å². The number of aliphatic hydroxyl groups is 1. The number of fused-ring (bicyclic) bond motifs is 1. The lowest BCUT2D eigenvalue weighted by Gasteiger charge is -2.10. The van der Waals surface area contributed by atoms with Gasteiger partial charge in [-0.3, -0.25) is 0 Å². The normalized spacial score (nSPS) is 11.1. The molecule has 0 aliphatic heterocycles. The smallest absolute Gasteiger partial charge is 0.383 e. The molecule has 0 aliphatic carbocycles. The highest BCUT2D eigenvalue weighted by Gasteiger charge is 2.18. The molecule has 6 nitrogen and oxygen atoms in total. The molecule has 0 bridgehead atoms. The Morgan fingerprint density at radius 1 is 1.40 bits per heavy atom. The van der Waals surface area contributed by atoms with Crippen molar-refractivity contribution in [2.45, 2.75) is 6.92 Å². The van der Waals surface area contributed by atoms with Gasteiger partial charge in [0.15, 0.2) is 5.75 Å². The Morgan fingerprint density at radius 2 is 2.20 bits per heavy atom. The van der Waals surface area contributed by atoms with E-state index in [1.807, 2.05) is 0 Å². The molecule has 1 aromatic heterocycles. The summed E-state index contributed by atoms with van der Waals surface area (Å²) >= 11 is 0. The summed E-state index contributed by atoms with van der Waals surface area (Å²) in [7, 11) is 0. The second-order valence-corrected chi connectivity index (χ2v) is 3.86. The van der Waals surface area contributed by atoms with Gasteiger partial charge in [-0.1, -0.05) is 12.1 Å². The Bertz CT molecular complexity index is 686. The van der Waals surface area contributed by atoms with Crippen molar-refractivity contribution in [2.75, 3.05) is 13.2 Å². The summed E-state index contributed by atoms with van der Waals surface area (Å²) in [5.41, 5.74) is -0.608. The van der Waals surface area contributed by atoms with E-state index in [9.17, 15) is 9.90 Å². The molecular weight excluding hydrogens is 264 g/mol. The zero-order valence-corrected chi connectivity index (χ0v) is 10.8. The average molecular weight is 278 g/mol. The van der Waals surface area contributed by atoms with Crippen LogP contribution in [0.4, 0.5) is 0 Å². The average Bonchev–Trinajstić information content (AvgIpc) is 2.44. The van der Waals surface area contributed by atoms with Crippen LogP contribution in [0.3, 0.4) is 0 Å². The van der Waals surface area contributed by atoms with Crippen molar-refractivity contribution < 1.29 is 24.1 Å². The van der Waals surface area contributed by atoms with Crippen molar-refractivity contribution in [1.82, 2.24) is 0 Å². The van der Waals surface area contributed by atoms with Gasteiger partial charge in [0.05, 0.1) is 12.9 Å². The van der Waals surface area contributed by atoms with E-state index >= 15 is 0 Å². The van der Waals surface area contributed by atoms with E-state index in [0.717, 1.165) is 0 Å². The van der Waals surface area contributed by atoms with Crippen molar-refractivity contribution in [3.8, 4) is 17.2 Å². The predicted molar refractivity (Wildman–Crippen MR) is 72.2 cm³/mol. The van der Waals surface area contributed by atoms with E-state index in [-0.39, 0.29) is 35.7 Å². The lowest BCUT2D eigenvalue weighted by atomic mass is 10.2. The molecule has 0 saturated carbocycles. The van der Waals surface area contributed by atoms with E-state index in [4.69, 9.17) is 19.0 Å². The first kappa shape index (κ1) is 14.0. The van der Waals surface area contributed by atoms with Crippen molar-refractivity contribution in [3.63, 3.8) is 0 Å². The SMILES string of the molecule is CC=COc1c(O)c2c(OCCO)cccc2oc1=O. The maximum Gasteiger partial charge on any atom is 0.383 e. The van der Waals surface area contributed by atoms with Gasteiger partial charge in [0, 0.05) is 0 Å². The molecule has 0 radical (unpaired) electrons. The Hall–Kier alpha value is -2.47. The molecule has 2 rings (SSSR count). The van der Waals surface area contributed by atoms with Gasteiger partial charge in [-0.15, -0.1) is 0 Å². The molecule has 20 heavy (non-hydrogen) atoms. The van der Waals surface area contributed by atoms with Gasteiger partial charge in [0.1, 0.15) is 23.3 Å². The van der Waals surface area contributed by atoms with Gasteiger partial charge in [-0.25, -0.2) is 4.79 Å². The highest BCUT2D eigenvalue weighted by atomic mass is 16.5. The molecule has 1 aromatic carbocycles. The van der Waals surface area contributed by atoms with Gasteiger partial charge in [-0.05, 0) is 19.1 Å². The molecule has 1 heterocycles. The Labute approximate surface area is 114 Å². The fourth-order valence-corrected chi connectivity index (χ4v) is 1.70. The molecule has 0 saturated heterocycles. The molecule has 0 fully saturated rings. The second kappa shape index (κ2) is 6.12. The minimum Gasteiger partial charge on any atom is -0.503 e. The van der Waals surface area contributed by atoms with Crippen LogP contribution in [0.1, 0.15) is 6.92 Å².